The van der Waals surface area contributed by atoms with Gasteiger partial charge in [0.1, 0.15) is 5.56 Å². The molecule has 18 heavy (non-hydrogen) atoms. The number of carboxylic acids is 1. The lowest BCUT2D eigenvalue weighted by atomic mass is 9.84. The number of hydrogen-bond donors (Lipinski definition) is 1. The van der Waals surface area contributed by atoms with Gasteiger partial charge in [0.05, 0.1) is 17.4 Å². The molecule has 0 atom stereocenters. The summed E-state index contributed by atoms with van der Waals surface area (Å²) in [6, 6.07) is 0.389. The van der Waals surface area contributed by atoms with E-state index in [4.69, 9.17) is 0 Å². The van der Waals surface area contributed by atoms with Crippen molar-refractivity contribution in [3.8, 4) is 0 Å². The quantitative estimate of drug-likeness (QED) is 0.895. The molecule has 0 aromatic carbocycles. The van der Waals surface area contributed by atoms with Gasteiger partial charge in [0.2, 0.25) is 0 Å². The number of aromatic nitrogens is 2. The number of hydrogen-bond acceptors (Lipinski definition) is 2. The molecule has 1 aromatic rings. The second kappa shape index (κ2) is 5.12. The van der Waals surface area contributed by atoms with E-state index < -0.39 is 5.97 Å². The Morgan fingerprint density at radius 2 is 1.94 bits per heavy atom. The lowest BCUT2D eigenvalue weighted by Crippen LogP contribution is -2.20. The summed E-state index contributed by atoms with van der Waals surface area (Å²) in [5, 5.41) is 13.6. The molecule has 1 aromatic heterocycles. The first-order chi connectivity index (χ1) is 8.54. The van der Waals surface area contributed by atoms with Gasteiger partial charge in [-0.05, 0) is 45.4 Å². The third-order valence-electron chi connectivity index (χ3n) is 4.28. The van der Waals surface area contributed by atoms with Gasteiger partial charge in [0, 0.05) is 0 Å². The molecule has 0 spiro atoms. The van der Waals surface area contributed by atoms with E-state index in [1.807, 2.05) is 11.6 Å². The summed E-state index contributed by atoms with van der Waals surface area (Å²) >= 11 is 0. The van der Waals surface area contributed by atoms with Crippen molar-refractivity contribution in [1.82, 2.24) is 9.78 Å². The van der Waals surface area contributed by atoms with Gasteiger partial charge in [0.25, 0.3) is 0 Å². The minimum Gasteiger partial charge on any atom is -0.478 e. The predicted molar refractivity (Wildman–Crippen MR) is 69.9 cm³/mol. The van der Waals surface area contributed by atoms with E-state index in [1.165, 1.54) is 19.3 Å². The fourth-order valence-electron chi connectivity index (χ4n) is 3.13. The minimum atomic E-state index is -0.863. The van der Waals surface area contributed by atoms with E-state index >= 15 is 0 Å². The first-order valence-corrected chi connectivity index (χ1v) is 6.83. The van der Waals surface area contributed by atoms with Gasteiger partial charge in [-0.15, -0.1) is 0 Å². The second-order valence-electron chi connectivity index (χ2n) is 5.38. The molecule has 100 valence electrons. The summed E-state index contributed by atoms with van der Waals surface area (Å²) in [4.78, 5) is 11.2. The maximum absolute atomic E-state index is 11.2. The van der Waals surface area contributed by atoms with E-state index in [2.05, 4.69) is 12.0 Å². The lowest BCUT2D eigenvalue weighted by molar-refractivity contribution is 0.0695. The Hall–Kier alpha value is -1.32. The molecular weight excluding hydrogens is 228 g/mol. The topological polar surface area (TPSA) is 55.1 Å². The molecule has 0 unspecified atom stereocenters. The molecule has 1 aliphatic rings. The van der Waals surface area contributed by atoms with Crippen LogP contribution in [0.1, 0.15) is 66.8 Å². The van der Waals surface area contributed by atoms with E-state index in [1.54, 1.807) is 6.92 Å². The van der Waals surface area contributed by atoms with Crippen LogP contribution in [-0.4, -0.2) is 20.9 Å². The van der Waals surface area contributed by atoms with Crippen molar-refractivity contribution in [3.05, 3.63) is 17.0 Å². The Balaban J connectivity index is 2.20. The van der Waals surface area contributed by atoms with E-state index in [0.717, 1.165) is 24.5 Å². The Kier molecular flexibility index (Phi) is 3.73. The van der Waals surface area contributed by atoms with Crippen molar-refractivity contribution in [2.45, 2.75) is 58.9 Å². The third kappa shape index (κ3) is 2.28. The fourth-order valence-corrected chi connectivity index (χ4v) is 3.13. The monoisotopic (exact) mass is 250 g/mol. The normalized spacial score (nSPS) is 24.2. The number of carbonyl (C=O) groups is 1. The molecule has 1 heterocycles. The van der Waals surface area contributed by atoms with E-state index in [9.17, 15) is 9.90 Å². The maximum atomic E-state index is 11.2. The van der Waals surface area contributed by atoms with Crippen LogP contribution in [0.2, 0.25) is 0 Å². The second-order valence-corrected chi connectivity index (χ2v) is 5.38. The average Bonchev–Trinajstić information content (AvgIpc) is 2.65. The average molecular weight is 250 g/mol. The number of aryl methyl sites for hydroxylation is 1. The van der Waals surface area contributed by atoms with Crippen molar-refractivity contribution in [2.24, 2.45) is 5.92 Å². The number of aromatic carboxylic acids is 1. The van der Waals surface area contributed by atoms with Crippen LogP contribution in [0, 0.1) is 19.8 Å². The van der Waals surface area contributed by atoms with Crippen LogP contribution < -0.4 is 0 Å². The molecule has 1 saturated carbocycles. The van der Waals surface area contributed by atoms with Gasteiger partial charge in [-0.1, -0.05) is 13.3 Å². The number of rotatable bonds is 3. The minimum absolute atomic E-state index is 0.382. The molecule has 0 amide bonds. The SMILES string of the molecule is CCC1CCC(n2nc(C)c(C(=O)O)c2C)CC1. The van der Waals surface area contributed by atoms with Gasteiger partial charge in [-0.3, -0.25) is 4.68 Å². The predicted octanol–water partition coefficient (Wildman–Crippen LogP) is 3.34. The van der Waals surface area contributed by atoms with Crippen LogP contribution in [0.25, 0.3) is 0 Å². The van der Waals surface area contributed by atoms with Crippen LogP contribution in [0.3, 0.4) is 0 Å². The highest BCUT2D eigenvalue weighted by molar-refractivity contribution is 5.90. The van der Waals surface area contributed by atoms with Crippen LogP contribution in [-0.2, 0) is 0 Å². The number of nitrogens with zero attached hydrogens (tertiary/aromatic N) is 2. The zero-order valence-corrected chi connectivity index (χ0v) is 11.4. The molecule has 4 nitrogen and oxygen atoms in total. The fraction of sp³-hybridized carbons (Fsp3) is 0.714. The summed E-state index contributed by atoms with van der Waals surface area (Å²) in [5.41, 5.74) is 1.82. The van der Waals surface area contributed by atoms with Crippen LogP contribution in [0.5, 0.6) is 0 Å². The van der Waals surface area contributed by atoms with Gasteiger partial charge in [0.15, 0.2) is 0 Å². The van der Waals surface area contributed by atoms with Crippen molar-refractivity contribution in [1.29, 1.82) is 0 Å². The van der Waals surface area contributed by atoms with E-state index in [0.29, 0.717) is 17.3 Å². The zero-order chi connectivity index (χ0) is 13.3. The van der Waals surface area contributed by atoms with Crippen LogP contribution >= 0.6 is 0 Å². The van der Waals surface area contributed by atoms with Gasteiger partial charge in [-0.25, -0.2) is 4.79 Å². The van der Waals surface area contributed by atoms with Crippen molar-refractivity contribution in [3.63, 3.8) is 0 Å². The molecule has 4 heteroatoms. The van der Waals surface area contributed by atoms with Gasteiger partial charge in [-0.2, -0.15) is 5.10 Å². The van der Waals surface area contributed by atoms with Crippen molar-refractivity contribution in [2.75, 3.05) is 0 Å². The Labute approximate surface area is 108 Å². The molecule has 0 radical (unpaired) electrons. The first-order valence-electron chi connectivity index (χ1n) is 6.83. The van der Waals surface area contributed by atoms with Gasteiger partial charge < -0.3 is 5.11 Å². The third-order valence-corrected chi connectivity index (χ3v) is 4.28. The maximum Gasteiger partial charge on any atom is 0.339 e. The molecule has 0 saturated heterocycles. The molecular formula is C14H22N2O2. The highest BCUT2D eigenvalue weighted by atomic mass is 16.4. The Morgan fingerprint density at radius 1 is 1.33 bits per heavy atom. The summed E-state index contributed by atoms with van der Waals surface area (Å²) < 4.78 is 1.95. The van der Waals surface area contributed by atoms with Crippen molar-refractivity contribution >= 4 is 5.97 Å². The smallest absolute Gasteiger partial charge is 0.339 e. The highest BCUT2D eigenvalue weighted by Gasteiger charge is 2.26. The molecule has 2 rings (SSSR count). The first kappa shape index (κ1) is 13.1. The van der Waals surface area contributed by atoms with Crippen LogP contribution in [0.4, 0.5) is 0 Å². The molecule has 1 aliphatic carbocycles. The van der Waals surface area contributed by atoms with Crippen LogP contribution in [0.15, 0.2) is 0 Å². The lowest BCUT2D eigenvalue weighted by Gasteiger charge is -2.28. The molecule has 0 aliphatic heterocycles. The van der Waals surface area contributed by atoms with E-state index in [-0.39, 0.29) is 0 Å². The largest absolute Gasteiger partial charge is 0.478 e. The van der Waals surface area contributed by atoms with Crippen molar-refractivity contribution < 1.29 is 9.90 Å². The van der Waals surface area contributed by atoms with Gasteiger partial charge >= 0.3 is 5.97 Å². The highest BCUT2D eigenvalue weighted by Crippen LogP contribution is 2.34. The summed E-state index contributed by atoms with van der Waals surface area (Å²) in [5.74, 6) is -0.0179. The molecule has 1 fully saturated rings. The summed E-state index contributed by atoms with van der Waals surface area (Å²) in [6.45, 7) is 5.90. The summed E-state index contributed by atoms with van der Waals surface area (Å²) in [7, 11) is 0. The molecule has 0 bridgehead atoms. The summed E-state index contributed by atoms with van der Waals surface area (Å²) in [6.07, 6.45) is 5.98. The Morgan fingerprint density at radius 3 is 2.39 bits per heavy atom. The Bertz CT molecular complexity index is 443. The zero-order valence-electron chi connectivity index (χ0n) is 11.4. The standard InChI is InChI=1S/C14H22N2O2/c1-4-11-5-7-12(8-6-11)16-10(3)13(14(17)18)9(2)15-16/h11-12H,4-8H2,1-3H3,(H,17,18). The number of carboxylic acid groups (broad SMARTS) is 1. The molecule has 1 N–H and O–H groups in total.